The quantitative estimate of drug-likeness (QED) is 0.801. The highest BCUT2D eigenvalue weighted by atomic mass is 32.2. The van der Waals surface area contributed by atoms with Crippen molar-refractivity contribution in [1.29, 1.82) is 0 Å². The van der Waals surface area contributed by atoms with Crippen LogP contribution in [0.3, 0.4) is 0 Å². The van der Waals surface area contributed by atoms with Gasteiger partial charge in [0.05, 0.1) is 5.56 Å². The van der Waals surface area contributed by atoms with Gasteiger partial charge in [-0.05, 0) is 24.8 Å². The number of aliphatic hydroxyl groups excluding tert-OH is 2. The van der Waals surface area contributed by atoms with Crippen LogP contribution in [0.5, 0.6) is 0 Å². The van der Waals surface area contributed by atoms with E-state index in [0.717, 1.165) is 5.75 Å². The lowest BCUT2D eigenvalue weighted by Gasteiger charge is -2.26. The summed E-state index contributed by atoms with van der Waals surface area (Å²) in [6.07, 6.45) is -2.81. The summed E-state index contributed by atoms with van der Waals surface area (Å²) in [5, 5.41) is 20.1. The van der Waals surface area contributed by atoms with Crippen molar-refractivity contribution in [2.24, 2.45) is 0 Å². The summed E-state index contributed by atoms with van der Waals surface area (Å²) in [4.78, 5) is 11.0. The smallest absolute Gasteiger partial charge is 0.338 e. The standard InChI is InChI=1S/C15H20O5S/c1-3-21-15(2)13(17)12(16)11(20-15)9-19-14(18)10-7-5-4-6-8-10/h4-8,11-13,16-17H,3,9H2,1-2H3/t11-,12-,13+,15+/m1/s1. The second-order valence-corrected chi connectivity index (χ2v) is 6.68. The highest BCUT2D eigenvalue weighted by molar-refractivity contribution is 8.00. The maximum Gasteiger partial charge on any atom is 0.338 e. The summed E-state index contributed by atoms with van der Waals surface area (Å²) in [5.41, 5.74) is 0.441. The topological polar surface area (TPSA) is 76.0 Å². The fraction of sp³-hybridized carbons (Fsp3) is 0.533. The Bertz CT molecular complexity index is 480. The number of hydrogen-bond donors (Lipinski definition) is 2. The third-order valence-corrected chi connectivity index (χ3v) is 4.65. The van der Waals surface area contributed by atoms with Crippen LogP contribution in [-0.4, -0.2) is 51.8 Å². The van der Waals surface area contributed by atoms with Crippen LogP contribution in [0.25, 0.3) is 0 Å². The van der Waals surface area contributed by atoms with Crippen molar-refractivity contribution in [3.05, 3.63) is 35.9 Å². The van der Waals surface area contributed by atoms with Crippen LogP contribution in [-0.2, 0) is 9.47 Å². The molecule has 1 heterocycles. The minimum Gasteiger partial charge on any atom is -0.459 e. The van der Waals surface area contributed by atoms with E-state index in [1.807, 2.05) is 13.0 Å². The number of hydrogen-bond acceptors (Lipinski definition) is 6. The molecule has 0 radical (unpaired) electrons. The summed E-state index contributed by atoms with van der Waals surface area (Å²) < 4.78 is 10.8. The van der Waals surface area contributed by atoms with Gasteiger partial charge in [-0.2, -0.15) is 0 Å². The highest BCUT2D eigenvalue weighted by Gasteiger charge is 2.51. The Kier molecular flexibility index (Phi) is 5.27. The van der Waals surface area contributed by atoms with Gasteiger partial charge in [0.2, 0.25) is 0 Å². The molecule has 1 aliphatic heterocycles. The van der Waals surface area contributed by atoms with Gasteiger partial charge < -0.3 is 19.7 Å². The molecule has 1 aliphatic rings. The molecule has 1 aromatic carbocycles. The first kappa shape index (κ1) is 16.3. The molecule has 5 nitrogen and oxygen atoms in total. The van der Waals surface area contributed by atoms with E-state index in [9.17, 15) is 15.0 Å². The number of ether oxygens (including phenoxy) is 2. The molecule has 2 N–H and O–H groups in total. The van der Waals surface area contributed by atoms with E-state index < -0.39 is 29.2 Å². The summed E-state index contributed by atoms with van der Waals surface area (Å²) in [7, 11) is 0. The average molecular weight is 312 g/mol. The van der Waals surface area contributed by atoms with E-state index in [4.69, 9.17) is 9.47 Å². The Morgan fingerprint density at radius 1 is 1.38 bits per heavy atom. The molecular weight excluding hydrogens is 292 g/mol. The van der Waals surface area contributed by atoms with Crippen LogP contribution in [0.1, 0.15) is 24.2 Å². The van der Waals surface area contributed by atoms with Gasteiger partial charge in [0.25, 0.3) is 0 Å². The molecule has 1 saturated heterocycles. The Labute approximate surface area is 128 Å². The van der Waals surface area contributed by atoms with Gasteiger partial charge in [0, 0.05) is 0 Å². The summed E-state index contributed by atoms with van der Waals surface area (Å²) in [6, 6.07) is 8.61. The molecule has 6 heteroatoms. The molecule has 1 aromatic rings. The third kappa shape index (κ3) is 3.58. The number of rotatable bonds is 5. The van der Waals surface area contributed by atoms with Crippen molar-refractivity contribution in [3.8, 4) is 0 Å². The molecule has 0 bridgehead atoms. The lowest BCUT2D eigenvalue weighted by Crippen LogP contribution is -2.38. The number of thioether (sulfide) groups is 1. The van der Waals surface area contributed by atoms with Crippen molar-refractivity contribution in [3.63, 3.8) is 0 Å². The number of aliphatic hydroxyl groups is 2. The van der Waals surface area contributed by atoms with E-state index in [-0.39, 0.29) is 6.61 Å². The van der Waals surface area contributed by atoms with Crippen molar-refractivity contribution in [1.82, 2.24) is 0 Å². The highest BCUT2D eigenvalue weighted by Crippen LogP contribution is 2.39. The first-order valence-corrected chi connectivity index (χ1v) is 7.86. The number of benzene rings is 1. The van der Waals surface area contributed by atoms with Gasteiger partial charge in [0.1, 0.15) is 29.9 Å². The molecule has 0 amide bonds. The van der Waals surface area contributed by atoms with Crippen LogP contribution in [0.4, 0.5) is 0 Å². The Morgan fingerprint density at radius 3 is 2.67 bits per heavy atom. The molecule has 0 saturated carbocycles. The van der Waals surface area contributed by atoms with Crippen LogP contribution >= 0.6 is 11.8 Å². The normalized spacial score (nSPS) is 32.1. The molecule has 116 valence electrons. The first-order valence-electron chi connectivity index (χ1n) is 6.88. The molecule has 0 unspecified atom stereocenters. The molecule has 0 aliphatic carbocycles. The monoisotopic (exact) mass is 312 g/mol. The van der Waals surface area contributed by atoms with Gasteiger partial charge >= 0.3 is 5.97 Å². The second kappa shape index (κ2) is 6.79. The van der Waals surface area contributed by atoms with Gasteiger partial charge in [-0.15, -0.1) is 11.8 Å². The van der Waals surface area contributed by atoms with Crippen LogP contribution in [0.2, 0.25) is 0 Å². The summed E-state index contributed by atoms with van der Waals surface area (Å²) in [6.45, 7) is 3.58. The summed E-state index contributed by atoms with van der Waals surface area (Å²) in [5.74, 6) is 0.272. The fourth-order valence-electron chi connectivity index (χ4n) is 2.31. The lowest BCUT2D eigenvalue weighted by molar-refractivity contribution is -0.0390. The van der Waals surface area contributed by atoms with Crippen LogP contribution in [0.15, 0.2) is 30.3 Å². The predicted octanol–water partition coefficient (Wildman–Crippen LogP) is 1.43. The molecule has 21 heavy (non-hydrogen) atoms. The molecule has 2 rings (SSSR count). The number of carbonyl (C=O) groups is 1. The Balaban J connectivity index is 1.93. The Hall–Kier alpha value is -1.08. The van der Waals surface area contributed by atoms with Gasteiger partial charge in [-0.1, -0.05) is 25.1 Å². The van der Waals surface area contributed by atoms with E-state index >= 15 is 0 Å². The molecule has 0 aromatic heterocycles. The predicted molar refractivity (Wildman–Crippen MR) is 80.1 cm³/mol. The van der Waals surface area contributed by atoms with Gasteiger partial charge in [-0.25, -0.2) is 4.79 Å². The Morgan fingerprint density at radius 2 is 2.05 bits per heavy atom. The number of carbonyl (C=O) groups excluding carboxylic acids is 1. The zero-order valence-corrected chi connectivity index (χ0v) is 12.9. The second-order valence-electron chi connectivity index (χ2n) is 5.01. The molecule has 4 atom stereocenters. The maximum atomic E-state index is 11.8. The van der Waals surface area contributed by atoms with Gasteiger partial charge in [0.15, 0.2) is 0 Å². The minimum absolute atomic E-state index is 0.0914. The van der Waals surface area contributed by atoms with Gasteiger partial charge in [-0.3, -0.25) is 0 Å². The lowest BCUT2D eigenvalue weighted by atomic mass is 10.1. The minimum atomic E-state index is -1.07. The molecule has 0 spiro atoms. The van der Waals surface area contributed by atoms with Crippen molar-refractivity contribution in [2.75, 3.05) is 12.4 Å². The van der Waals surface area contributed by atoms with Crippen molar-refractivity contribution >= 4 is 17.7 Å². The van der Waals surface area contributed by atoms with Crippen molar-refractivity contribution in [2.45, 2.75) is 37.1 Å². The van der Waals surface area contributed by atoms with E-state index in [2.05, 4.69) is 0 Å². The average Bonchev–Trinajstić information content (AvgIpc) is 2.70. The zero-order valence-electron chi connectivity index (χ0n) is 12.1. The van der Waals surface area contributed by atoms with E-state index in [1.54, 1.807) is 31.2 Å². The molecular formula is C15H20O5S. The fourth-order valence-corrected chi connectivity index (χ4v) is 3.38. The van der Waals surface area contributed by atoms with E-state index in [0.29, 0.717) is 5.56 Å². The maximum absolute atomic E-state index is 11.8. The number of esters is 1. The SMILES string of the molecule is CCS[C@]1(C)O[C@H](COC(=O)c2ccccc2)[C@@H](O)[C@@H]1O. The van der Waals surface area contributed by atoms with Crippen LogP contribution < -0.4 is 0 Å². The van der Waals surface area contributed by atoms with E-state index in [1.165, 1.54) is 11.8 Å². The zero-order chi connectivity index (χ0) is 15.5. The molecule has 1 fully saturated rings. The van der Waals surface area contributed by atoms with Crippen molar-refractivity contribution < 1.29 is 24.5 Å². The summed E-state index contributed by atoms with van der Waals surface area (Å²) >= 11 is 1.41. The third-order valence-electron chi connectivity index (χ3n) is 3.45. The first-order chi connectivity index (χ1) is 9.98. The largest absolute Gasteiger partial charge is 0.459 e. The van der Waals surface area contributed by atoms with Crippen LogP contribution in [0, 0.1) is 0 Å².